The third-order valence-electron chi connectivity index (χ3n) is 3.49. The third-order valence-corrected chi connectivity index (χ3v) is 4.40. The van der Waals surface area contributed by atoms with Crippen LogP contribution in [0, 0.1) is 16.0 Å². The van der Waals surface area contributed by atoms with Crippen molar-refractivity contribution in [3.05, 3.63) is 28.3 Å². The molecule has 2 rings (SSSR count). The minimum atomic E-state index is -4.05. The van der Waals surface area contributed by atoms with Gasteiger partial charge in [-0.1, -0.05) is 0 Å². The number of carboxylic acid groups (broad SMARTS) is 1. The van der Waals surface area contributed by atoms with Crippen LogP contribution in [0.5, 0.6) is 5.75 Å². The van der Waals surface area contributed by atoms with Crippen LogP contribution in [0.1, 0.15) is 6.42 Å². The van der Waals surface area contributed by atoms with Crippen LogP contribution in [0.4, 0.5) is 10.5 Å². The quantitative estimate of drug-likeness (QED) is 0.585. The molecular weight excluding hydrogens is 330 g/mol. The van der Waals surface area contributed by atoms with Gasteiger partial charge in [0, 0.05) is 25.1 Å². The summed E-state index contributed by atoms with van der Waals surface area (Å²) in [6, 6.07) is 3.13. The first-order valence-corrected chi connectivity index (χ1v) is 8.15. The summed E-state index contributed by atoms with van der Waals surface area (Å²) in [6.45, 7) is 0.771. The van der Waals surface area contributed by atoms with Gasteiger partial charge in [0.2, 0.25) is 10.0 Å². The molecule has 0 aromatic heterocycles. The number of hydrogen-bond acceptors (Lipinski definition) is 6. The maximum atomic E-state index is 11.2. The number of benzene rings is 1. The highest BCUT2D eigenvalue weighted by atomic mass is 32.2. The van der Waals surface area contributed by atoms with Gasteiger partial charge in [0.15, 0.2) is 5.75 Å². The second-order valence-corrected chi connectivity index (χ2v) is 6.69. The zero-order valence-electron chi connectivity index (χ0n) is 11.9. The molecule has 11 heteroatoms. The van der Waals surface area contributed by atoms with Gasteiger partial charge in [-0.05, 0) is 18.6 Å². The Balaban J connectivity index is 2.11. The van der Waals surface area contributed by atoms with E-state index in [2.05, 4.69) is 0 Å². The Hall–Kier alpha value is -2.40. The van der Waals surface area contributed by atoms with Crippen molar-refractivity contribution in [2.24, 2.45) is 11.1 Å². The minimum absolute atomic E-state index is 0.0800. The van der Waals surface area contributed by atoms with Gasteiger partial charge in [0.1, 0.15) is 0 Å². The van der Waals surface area contributed by atoms with Crippen molar-refractivity contribution in [1.82, 2.24) is 4.90 Å². The van der Waals surface area contributed by atoms with E-state index in [0.717, 1.165) is 12.1 Å². The van der Waals surface area contributed by atoms with E-state index in [0.29, 0.717) is 19.5 Å². The van der Waals surface area contributed by atoms with Gasteiger partial charge < -0.3 is 14.7 Å². The number of nitrogens with zero attached hydrogens (tertiary/aromatic N) is 2. The van der Waals surface area contributed by atoms with Crippen molar-refractivity contribution in [1.29, 1.82) is 0 Å². The zero-order valence-corrected chi connectivity index (χ0v) is 12.7. The number of likely N-dealkylation sites (tertiary alicyclic amines) is 1. The number of carbonyl (C=O) groups is 1. The molecule has 1 aromatic carbocycles. The number of ether oxygens (including phenoxy) is 1. The van der Waals surface area contributed by atoms with Gasteiger partial charge in [-0.2, -0.15) is 0 Å². The molecule has 0 radical (unpaired) electrons. The van der Waals surface area contributed by atoms with Crippen molar-refractivity contribution in [3.63, 3.8) is 0 Å². The molecule has 10 nitrogen and oxygen atoms in total. The SMILES string of the molecule is NS(=O)(=O)c1ccc(OCC2CCN(C(=O)O)C2)c([N+](=O)[O-])c1. The second-order valence-electron chi connectivity index (χ2n) is 5.13. The number of primary sulfonamides is 1. The monoisotopic (exact) mass is 345 g/mol. The lowest BCUT2D eigenvalue weighted by Gasteiger charge is -2.13. The molecule has 1 fully saturated rings. The summed E-state index contributed by atoms with van der Waals surface area (Å²) in [5, 5.41) is 24.9. The predicted molar refractivity (Wildman–Crippen MR) is 77.7 cm³/mol. The fourth-order valence-electron chi connectivity index (χ4n) is 2.29. The van der Waals surface area contributed by atoms with E-state index in [9.17, 15) is 23.3 Å². The molecule has 1 aliphatic heterocycles. The molecule has 0 aliphatic carbocycles. The summed E-state index contributed by atoms with van der Waals surface area (Å²) < 4.78 is 27.9. The molecule has 1 aliphatic rings. The summed E-state index contributed by atoms with van der Waals surface area (Å²) in [7, 11) is -4.05. The minimum Gasteiger partial charge on any atom is -0.486 e. The van der Waals surface area contributed by atoms with Crippen LogP contribution in [0.3, 0.4) is 0 Å². The highest BCUT2D eigenvalue weighted by Gasteiger charge is 2.27. The molecule has 1 saturated heterocycles. The van der Waals surface area contributed by atoms with Gasteiger partial charge in [0.05, 0.1) is 16.4 Å². The second kappa shape index (κ2) is 6.38. The Kier molecular flexibility index (Phi) is 4.71. The van der Waals surface area contributed by atoms with Crippen LogP contribution in [0.25, 0.3) is 0 Å². The Morgan fingerprint density at radius 3 is 2.74 bits per heavy atom. The van der Waals surface area contributed by atoms with Gasteiger partial charge in [-0.15, -0.1) is 0 Å². The largest absolute Gasteiger partial charge is 0.486 e. The smallest absolute Gasteiger partial charge is 0.407 e. The number of nitrogens with two attached hydrogens (primary N) is 1. The standard InChI is InChI=1S/C12H15N3O7S/c13-23(20,21)9-1-2-11(10(5-9)15(18)19)22-7-8-3-4-14(6-8)12(16)17/h1-2,5,8H,3-4,6-7H2,(H,16,17)(H2,13,20,21). The number of nitro groups is 1. The fourth-order valence-corrected chi connectivity index (χ4v) is 2.82. The molecule has 1 heterocycles. The maximum Gasteiger partial charge on any atom is 0.407 e. The maximum absolute atomic E-state index is 11.2. The van der Waals surface area contributed by atoms with E-state index in [4.69, 9.17) is 15.0 Å². The first-order chi connectivity index (χ1) is 10.7. The van der Waals surface area contributed by atoms with E-state index >= 15 is 0 Å². The molecule has 1 unspecified atom stereocenters. The van der Waals surface area contributed by atoms with Crippen LogP contribution in [-0.4, -0.2) is 49.1 Å². The van der Waals surface area contributed by atoms with Crippen LogP contribution in [0.2, 0.25) is 0 Å². The Labute approximate surface area is 131 Å². The zero-order chi connectivity index (χ0) is 17.2. The van der Waals surface area contributed by atoms with Crippen LogP contribution >= 0.6 is 0 Å². The van der Waals surface area contributed by atoms with Crippen molar-refractivity contribution < 1.29 is 28.0 Å². The van der Waals surface area contributed by atoms with E-state index in [1.165, 1.54) is 11.0 Å². The van der Waals surface area contributed by atoms with Crippen LogP contribution in [-0.2, 0) is 10.0 Å². The first kappa shape index (κ1) is 17.0. The van der Waals surface area contributed by atoms with E-state index < -0.39 is 26.7 Å². The Morgan fingerprint density at radius 2 is 2.22 bits per heavy atom. The Morgan fingerprint density at radius 1 is 1.52 bits per heavy atom. The van der Waals surface area contributed by atoms with Crippen LogP contribution < -0.4 is 9.88 Å². The number of amides is 1. The molecular formula is C12H15N3O7S. The summed E-state index contributed by atoms with van der Waals surface area (Å²) in [4.78, 5) is 22.0. The predicted octanol–water partition coefficient (Wildman–Crippen LogP) is 0.621. The average Bonchev–Trinajstić information content (AvgIpc) is 2.92. The molecule has 1 amide bonds. The van der Waals surface area contributed by atoms with Gasteiger partial charge in [0.25, 0.3) is 0 Å². The molecule has 1 atom stereocenters. The van der Waals surface area contributed by atoms with Crippen LogP contribution in [0.15, 0.2) is 23.1 Å². The third kappa shape index (κ3) is 4.07. The highest BCUT2D eigenvalue weighted by molar-refractivity contribution is 7.89. The molecule has 0 bridgehead atoms. The van der Waals surface area contributed by atoms with Crippen molar-refractivity contribution in [2.45, 2.75) is 11.3 Å². The summed E-state index contributed by atoms with van der Waals surface area (Å²) in [6.07, 6.45) is -0.425. The summed E-state index contributed by atoms with van der Waals surface area (Å²) in [5.41, 5.74) is -0.510. The number of hydrogen-bond donors (Lipinski definition) is 2. The molecule has 126 valence electrons. The number of nitro benzene ring substituents is 1. The molecule has 0 spiro atoms. The fraction of sp³-hybridized carbons (Fsp3) is 0.417. The molecule has 3 N–H and O–H groups in total. The molecule has 23 heavy (non-hydrogen) atoms. The average molecular weight is 345 g/mol. The van der Waals surface area contributed by atoms with Crippen molar-refractivity contribution >= 4 is 21.8 Å². The first-order valence-electron chi connectivity index (χ1n) is 6.60. The normalized spacial score (nSPS) is 18.0. The topological polar surface area (TPSA) is 153 Å². The summed E-state index contributed by atoms with van der Waals surface area (Å²) in [5.74, 6) is -0.167. The van der Waals surface area contributed by atoms with Gasteiger partial charge in [-0.25, -0.2) is 18.4 Å². The van der Waals surface area contributed by atoms with Gasteiger partial charge >= 0.3 is 11.8 Å². The van der Waals surface area contributed by atoms with Gasteiger partial charge in [-0.3, -0.25) is 10.1 Å². The molecule has 0 saturated carbocycles. The van der Waals surface area contributed by atoms with E-state index in [1.54, 1.807) is 0 Å². The lowest BCUT2D eigenvalue weighted by Crippen LogP contribution is -2.27. The van der Waals surface area contributed by atoms with Crippen molar-refractivity contribution in [3.8, 4) is 5.75 Å². The van der Waals surface area contributed by atoms with E-state index in [1.807, 2.05) is 0 Å². The van der Waals surface area contributed by atoms with E-state index in [-0.39, 0.29) is 23.2 Å². The highest BCUT2D eigenvalue weighted by Crippen LogP contribution is 2.30. The Bertz CT molecular complexity index is 734. The molecule has 1 aromatic rings. The number of sulfonamides is 1. The summed E-state index contributed by atoms with van der Waals surface area (Å²) >= 11 is 0. The van der Waals surface area contributed by atoms with Crippen molar-refractivity contribution in [2.75, 3.05) is 19.7 Å². The lowest BCUT2D eigenvalue weighted by molar-refractivity contribution is -0.386. The lowest BCUT2D eigenvalue weighted by atomic mass is 10.1. The number of rotatable bonds is 5.